The quantitative estimate of drug-likeness (QED) is 0.149. The normalized spacial score (nSPS) is 13.4. The van der Waals surface area contributed by atoms with E-state index in [1.165, 1.54) is 11.1 Å². The van der Waals surface area contributed by atoms with Crippen molar-refractivity contribution >= 4 is 50.7 Å². The molecular weight excluding hydrogens is 829 g/mol. The Morgan fingerprint density at radius 2 is 0.838 bits per heavy atom. The highest BCUT2D eigenvalue weighted by Gasteiger charge is 2.26. The highest BCUT2D eigenvalue weighted by Crippen LogP contribution is 2.45. The van der Waals surface area contributed by atoms with Crippen LogP contribution in [0.4, 0.5) is 17.1 Å². The minimum absolute atomic E-state index is 0.441. The zero-order valence-corrected chi connectivity index (χ0v) is 37.1. The molecule has 322 valence electrons. The number of furan rings is 1. The lowest BCUT2D eigenvalue weighted by molar-refractivity contribution is 0.666. The molecule has 1 N–H and O–H groups in total. The number of aliphatic imine (C=N–C) groups is 2. The maximum atomic E-state index is 6.81. The van der Waals surface area contributed by atoms with Crippen molar-refractivity contribution in [3.05, 3.63) is 271 Å². The molecule has 1 atom stereocenters. The fraction of sp³-hybridized carbons (Fsp3) is 0.0159. The number of rotatable bonds is 10. The summed E-state index contributed by atoms with van der Waals surface area (Å²) in [5.41, 5.74) is 16.5. The summed E-state index contributed by atoms with van der Waals surface area (Å²) in [5, 5.41) is 5.85. The van der Waals surface area contributed by atoms with Crippen molar-refractivity contribution in [1.82, 2.24) is 5.32 Å². The van der Waals surface area contributed by atoms with Gasteiger partial charge in [0, 0.05) is 27.9 Å². The van der Waals surface area contributed by atoms with Crippen LogP contribution in [0.2, 0.25) is 0 Å². The predicted molar refractivity (Wildman–Crippen MR) is 282 cm³/mol. The van der Waals surface area contributed by atoms with Gasteiger partial charge in [-0.2, -0.15) is 0 Å². The van der Waals surface area contributed by atoms with E-state index in [1.807, 2.05) is 24.3 Å². The number of benzene rings is 10. The molecule has 0 radical (unpaired) electrons. The summed E-state index contributed by atoms with van der Waals surface area (Å²) in [7, 11) is 0. The van der Waals surface area contributed by atoms with Gasteiger partial charge >= 0.3 is 0 Å². The lowest BCUT2D eigenvalue weighted by atomic mass is 10.00. The van der Waals surface area contributed by atoms with Gasteiger partial charge in [-0.15, -0.1) is 0 Å². The lowest BCUT2D eigenvalue weighted by Crippen LogP contribution is -2.33. The van der Waals surface area contributed by atoms with Gasteiger partial charge in [0.15, 0.2) is 5.84 Å². The molecule has 5 heteroatoms. The van der Waals surface area contributed by atoms with Gasteiger partial charge in [0.05, 0.1) is 11.1 Å². The largest absolute Gasteiger partial charge is 0.456 e. The molecule has 5 nitrogen and oxygen atoms in total. The Morgan fingerprint density at radius 3 is 1.43 bits per heavy atom. The molecule has 11 aromatic rings. The van der Waals surface area contributed by atoms with Gasteiger partial charge in [-0.05, 0) is 105 Å². The number of para-hydroxylation sites is 1. The third-order valence-electron chi connectivity index (χ3n) is 12.7. The van der Waals surface area contributed by atoms with Gasteiger partial charge < -0.3 is 14.6 Å². The summed E-state index contributed by atoms with van der Waals surface area (Å²) in [6, 6.07) is 89.5. The number of nitrogens with one attached hydrogen (secondary N) is 1. The fourth-order valence-corrected chi connectivity index (χ4v) is 9.32. The summed E-state index contributed by atoms with van der Waals surface area (Å²) in [6.07, 6.45) is -0.441. The molecule has 0 fully saturated rings. The van der Waals surface area contributed by atoms with Crippen LogP contribution in [0.25, 0.3) is 66.4 Å². The summed E-state index contributed by atoms with van der Waals surface area (Å²) >= 11 is 0. The van der Waals surface area contributed by atoms with Crippen molar-refractivity contribution in [2.24, 2.45) is 9.98 Å². The van der Waals surface area contributed by atoms with E-state index in [2.05, 4.69) is 241 Å². The van der Waals surface area contributed by atoms with Crippen LogP contribution in [0.15, 0.2) is 269 Å². The van der Waals surface area contributed by atoms with Crippen molar-refractivity contribution in [3.63, 3.8) is 0 Å². The maximum Gasteiger partial charge on any atom is 0.159 e. The Balaban J connectivity index is 1.05. The van der Waals surface area contributed by atoms with E-state index < -0.39 is 6.17 Å². The van der Waals surface area contributed by atoms with E-state index in [9.17, 15) is 0 Å². The molecule has 1 aromatic heterocycles. The number of nitrogens with zero attached hydrogens (tertiary/aromatic N) is 3. The molecule has 0 saturated carbocycles. The van der Waals surface area contributed by atoms with Crippen LogP contribution in [-0.4, -0.2) is 11.7 Å². The Labute approximate surface area is 395 Å². The summed E-state index contributed by atoms with van der Waals surface area (Å²) in [4.78, 5) is 13.1. The van der Waals surface area contributed by atoms with E-state index >= 15 is 0 Å². The average molecular weight is 873 g/mol. The first-order valence-corrected chi connectivity index (χ1v) is 23.0. The van der Waals surface area contributed by atoms with Crippen molar-refractivity contribution in [2.75, 3.05) is 4.90 Å². The second kappa shape index (κ2) is 17.7. The lowest BCUT2D eigenvalue weighted by Gasteiger charge is -2.28. The average Bonchev–Trinajstić information content (AvgIpc) is 3.81. The summed E-state index contributed by atoms with van der Waals surface area (Å²) in [6.45, 7) is 0. The van der Waals surface area contributed by atoms with Gasteiger partial charge in [0.1, 0.15) is 23.2 Å². The van der Waals surface area contributed by atoms with Gasteiger partial charge in [-0.1, -0.05) is 200 Å². The van der Waals surface area contributed by atoms with E-state index in [-0.39, 0.29) is 0 Å². The molecule has 10 aromatic carbocycles. The first-order valence-electron chi connectivity index (χ1n) is 23.0. The minimum Gasteiger partial charge on any atom is -0.456 e. The second-order valence-corrected chi connectivity index (χ2v) is 17.0. The van der Waals surface area contributed by atoms with Crippen molar-refractivity contribution in [2.45, 2.75) is 6.17 Å². The van der Waals surface area contributed by atoms with E-state index in [1.54, 1.807) is 0 Å². The topological polar surface area (TPSA) is 53.1 Å². The first kappa shape index (κ1) is 40.4. The van der Waals surface area contributed by atoms with Crippen molar-refractivity contribution in [3.8, 4) is 44.5 Å². The van der Waals surface area contributed by atoms with Crippen LogP contribution in [0, 0.1) is 0 Å². The van der Waals surface area contributed by atoms with Crippen LogP contribution in [0.3, 0.4) is 0 Å². The van der Waals surface area contributed by atoms with E-state index in [4.69, 9.17) is 14.4 Å². The number of amidine groups is 2. The molecule has 1 unspecified atom stereocenters. The Kier molecular flexibility index (Phi) is 10.5. The van der Waals surface area contributed by atoms with Crippen LogP contribution in [-0.2, 0) is 0 Å². The van der Waals surface area contributed by atoms with E-state index in [0.717, 1.165) is 89.1 Å². The molecule has 0 spiro atoms. The zero-order chi connectivity index (χ0) is 45.2. The van der Waals surface area contributed by atoms with E-state index in [0.29, 0.717) is 11.7 Å². The molecule has 0 saturated heterocycles. The van der Waals surface area contributed by atoms with Crippen LogP contribution < -0.4 is 10.2 Å². The van der Waals surface area contributed by atoms with Crippen LogP contribution in [0.5, 0.6) is 0 Å². The Hall–Kier alpha value is -9.06. The Bertz CT molecular complexity index is 3540. The SMILES string of the molecule is c1ccc(-c2ccc(N(c3ccc(-c4ccccc4)cc3)c3cc(C4=NC(c5cccc(-c6ccccc6)c5)=NC(c5cccc(-c6ccccc6)c5)N4)cc4oc5ccccc5c34)cc2)cc1. The first-order chi connectivity index (χ1) is 33.7. The third-order valence-corrected chi connectivity index (χ3v) is 12.7. The molecule has 2 heterocycles. The third kappa shape index (κ3) is 7.93. The number of hydrogen-bond acceptors (Lipinski definition) is 5. The Morgan fingerprint density at radius 1 is 0.368 bits per heavy atom. The number of anilines is 3. The molecule has 0 aliphatic carbocycles. The maximum absolute atomic E-state index is 6.81. The van der Waals surface area contributed by atoms with Crippen molar-refractivity contribution < 1.29 is 4.42 Å². The van der Waals surface area contributed by atoms with Crippen molar-refractivity contribution in [1.29, 1.82) is 0 Å². The van der Waals surface area contributed by atoms with Crippen LogP contribution >= 0.6 is 0 Å². The highest BCUT2D eigenvalue weighted by molar-refractivity contribution is 6.19. The molecule has 1 aliphatic heterocycles. The standard InChI is InChI=1S/C63H44N4O/c1-5-17-43(18-6-1)47-31-35-54(36-32-47)67(55-37-33-48(34-38-55)44-19-7-2-8-20-44)57-41-53(42-59-60(57)56-29-13-14-30-58(56)68-59)63-65-61(51-27-15-25-49(39-51)45-21-9-3-10-22-45)64-62(66-63)52-28-16-26-50(40-52)46-23-11-4-12-24-46/h1-42,61H,(H,64,65,66). The minimum atomic E-state index is -0.441. The summed E-state index contributed by atoms with van der Waals surface area (Å²) < 4.78 is 6.81. The zero-order valence-electron chi connectivity index (χ0n) is 37.1. The molecular formula is C63H44N4O. The fourth-order valence-electron chi connectivity index (χ4n) is 9.32. The predicted octanol–water partition coefficient (Wildman–Crippen LogP) is 16.2. The number of hydrogen-bond donors (Lipinski definition) is 1. The van der Waals surface area contributed by atoms with Gasteiger partial charge in [-0.3, -0.25) is 0 Å². The molecule has 0 amide bonds. The molecule has 1 aliphatic rings. The molecule has 0 bridgehead atoms. The molecule has 12 rings (SSSR count). The monoisotopic (exact) mass is 872 g/mol. The highest BCUT2D eigenvalue weighted by atomic mass is 16.3. The number of fused-ring (bicyclic) bond motifs is 3. The smallest absolute Gasteiger partial charge is 0.159 e. The van der Waals surface area contributed by atoms with Gasteiger partial charge in [0.2, 0.25) is 0 Å². The van der Waals surface area contributed by atoms with Gasteiger partial charge in [-0.25, -0.2) is 9.98 Å². The molecule has 68 heavy (non-hydrogen) atoms. The summed E-state index contributed by atoms with van der Waals surface area (Å²) in [5.74, 6) is 1.33. The second-order valence-electron chi connectivity index (χ2n) is 17.0. The van der Waals surface area contributed by atoms with Gasteiger partial charge in [0.25, 0.3) is 0 Å². The van der Waals surface area contributed by atoms with Crippen LogP contribution in [0.1, 0.15) is 22.9 Å².